The van der Waals surface area contributed by atoms with Crippen molar-refractivity contribution in [3.05, 3.63) is 65.2 Å². The molecule has 4 nitrogen and oxygen atoms in total. The highest BCUT2D eigenvalue weighted by atomic mass is 32.2. The molecule has 29 heavy (non-hydrogen) atoms. The highest BCUT2D eigenvalue weighted by Gasteiger charge is 2.32. The number of aryl methyl sites for hydroxylation is 1. The number of alkyl halides is 3. The zero-order chi connectivity index (χ0) is 21.9. The third-order valence-corrected chi connectivity index (χ3v) is 6.41. The zero-order valence-corrected chi connectivity index (χ0v) is 17.3. The number of amides is 1. The van der Waals surface area contributed by atoms with Crippen molar-refractivity contribution in [3.8, 4) is 0 Å². The number of halogens is 3. The van der Waals surface area contributed by atoms with Crippen molar-refractivity contribution in [1.82, 2.24) is 5.32 Å². The van der Waals surface area contributed by atoms with Gasteiger partial charge in [0, 0.05) is 18.4 Å². The van der Waals surface area contributed by atoms with Gasteiger partial charge in [0.05, 0.1) is 16.2 Å². The quantitative estimate of drug-likeness (QED) is 0.718. The van der Waals surface area contributed by atoms with E-state index in [1.54, 1.807) is 32.0 Å². The van der Waals surface area contributed by atoms with Crippen LogP contribution >= 0.6 is 0 Å². The molecule has 2 rings (SSSR count). The maximum absolute atomic E-state index is 12.9. The number of nitrogens with one attached hydrogen (secondary N) is 1. The molecular weight excluding hydrogens is 403 g/mol. The standard InChI is InChI=1S/C21H24F3NO3S/c1-15-7-9-18(10-8-15)29(27,28)12-11-19(26)25-14-20(2,3)16-5-4-6-17(13-16)21(22,23)24/h4-10,13H,11-12,14H2,1-3H3,(H,25,26). The number of sulfone groups is 1. The fraction of sp³-hybridized carbons (Fsp3) is 0.381. The lowest BCUT2D eigenvalue weighted by Crippen LogP contribution is -2.37. The molecule has 2 aromatic carbocycles. The van der Waals surface area contributed by atoms with Crippen LogP contribution in [0.2, 0.25) is 0 Å². The average Bonchev–Trinajstić information content (AvgIpc) is 2.65. The minimum atomic E-state index is -4.44. The van der Waals surface area contributed by atoms with Crippen LogP contribution in [-0.4, -0.2) is 26.6 Å². The fourth-order valence-electron chi connectivity index (χ4n) is 2.72. The maximum atomic E-state index is 12.9. The molecule has 158 valence electrons. The predicted octanol–water partition coefficient (Wildman–Crippen LogP) is 4.27. The fourth-order valence-corrected chi connectivity index (χ4v) is 3.96. The molecule has 0 atom stereocenters. The Morgan fingerprint density at radius 3 is 2.17 bits per heavy atom. The molecule has 0 spiro atoms. The first kappa shape index (κ1) is 22.9. The van der Waals surface area contributed by atoms with Crippen LogP contribution in [0, 0.1) is 6.92 Å². The lowest BCUT2D eigenvalue weighted by atomic mass is 9.83. The SMILES string of the molecule is Cc1ccc(S(=O)(=O)CCC(=O)NCC(C)(C)c2cccc(C(F)(F)F)c2)cc1. The van der Waals surface area contributed by atoms with Crippen molar-refractivity contribution in [2.24, 2.45) is 0 Å². The van der Waals surface area contributed by atoms with Crippen LogP contribution in [-0.2, 0) is 26.2 Å². The highest BCUT2D eigenvalue weighted by molar-refractivity contribution is 7.91. The number of carbonyl (C=O) groups is 1. The Kier molecular flexibility index (Phi) is 6.78. The summed E-state index contributed by atoms with van der Waals surface area (Å²) in [6.07, 6.45) is -4.67. The Morgan fingerprint density at radius 1 is 1.00 bits per heavy atom. The van der Waals surface area contributed by atoms with Crippen molar-refractivity contribution in [3.63, 3.8) is 0 Å². The minimum Gasteiger partial charge on any atom is -0.355 e. The summed E-state index contributed by atoms with van der Waals surface area (Å²) in [5.41, 5.74) is -0.149. The van der Waals surface area contributed by atoms with E-state index in [4.69, 9.17) is 0 Å². The summed E-state index contributed by atoms with van der Waals surface area (Å²) >= 11 is 0. The van der Waals surface area contributed by atoms with Crippen LogP contribution in [0.25, 0.3) is 0 Å². The molecule has 1 amide bonds. The van der Waals surface area contributed by atoms with E-state index in [1.165, 1.54) is 18.2 Å². The Hall–Kier alpha value is -2.35. The Labute approximate surface area is 169 Å². The maximum Gasteiger partial charge on any atom is 0.416 e. The lowest BCUT2D eigenvalue weighted by Gasteiger charge is -2.26. The first-order valence-electron chi connectivity index (χ1n) is 9.05. The van der Waals surface area contributed by atoms with Gasteiger partial charge in [-0.2, -0.15) is 13.2 Å². The second kappa shape index (κ2) is 8.57. The summed E-state index contributed by atoms with van der Waals surface area (Å²) in [4.78, 5) is 12.3. The number of hydrogen-bond acceptors (Lipinski definition) is 3. The smallest absolute Gasteiger partial charge is 0.355 e. The largest absolute Gasteiger partial charge is 0.416 e. The van der Waals surface area contributed by atoms with Crippen molar-refractivity contribution in [2.45, 2.75) is 43.7 Å². The molecule has 0 heterocycles. The van der Waals surface area contributed by atoms with Crippen LogP contribution in [0.4, 0.5) is 13.2 Å². The molecule has 0 unspecified atom stereocenters. The first-order chi connectivity index (χ1) is 13.3. The Morgan fingerprint density at radius 2 is 1.59 bits per heavy atom. The molecule has 0 saturated carbocycles. The number of hydrogen-bond donors (Lipinski definition) is 1. The van der Waals surface area contributed by atoms with Crippen molar-refractivity contribution in [2.75, 3.05) is 12.3 Å². The van der Waals surface area contributed by atoms with Crippen LogP contribution < -0.4 is 5.32 Å². The molecule has 1 N–H and O–H groups in total. The van der Waals surface area contributed by atoms with Gasteiger partial charge in [0.25, 0.3) is 0 Å². The van der Waals surface area contributed by atoms with Crippen LogP contribution in [0.1, 0.15) is 37.0 Å². The van der Waals surface area contributed by atoms with Gasteiger partial charge in [-0.25, -0.2) is 8.42 Å². The van der Waals surface area contributed by atoms with E-state index >= 15 is 0 Å². The van der Waals surface area contributed by atoms with Crippen LogP contribution in [0.5, 0.6) is 0 Å². The van der Waals surface area contributed by atoms with Crippen LogP contribution in [0.3, 0.4) is 0 Å². The van der Waals surface area contributed by atoms with Gasteiger partial charge in [-0.15, -0.1) is 0 Å². The van der Waals surface area contributed by atoms with E-state index in [1.807, 2.05) is 6.92 Å². The monoisotopic (exact) mass is 427 g/mol. The second-order valence-electron chi connectivity index (χ2n) is 7.62. The summed E-state index contributed by atoms with van der Waals surface area (Å²) in [6, 6.07) is 11.3. The van der Waals surface area contributed by atoms with E-state index in [-0.39, 0.29) is 23.6 Å². The summed E-state index contributed by atoms with van der Waals surface area (Å²) in [5.74, 6) is -0.813. The van der Waals surface area contributed by atoms with E-state index < -0.39 is 32.9 Å². The van der Waals surface area contributed by atoms with Gasteiger partial charge in [0.2, 0.25) is 5.91 Å². The molecule has 0 aliphatic heterocycles. The van der Waals surface area contributed by atoms with Crippen molar-refractivity contribution < 1.29 is 26.4 Å². The van der Waals surface area contributed by atoms with Gasteiger partial charge in [-0.1, -0.05) is 49.7 Å². The summed E-state index contributed by atoms with van der Waals surface area (Å²) < 4.78 is 63.4. The normalized spacial score (nSPS) is 12.6. The minimum absolute atomic E-state index is 0.0811. The molecule has 8 heteroatoms. The van der Waals surface area contributed by atoms with Crippen molar-refractivity contribution in [1.29, 1.82) is 0 Å². The average molecular weight is 427 g/mol. The number of rotatable bonds is 7. The highest BCUT2D eigenvalue weighted by Crippen LogP contribution is 2.32. The molecule has 2 aromatic rings. The van der Waals surface area contributed by atoms with Crippen LogP contribution in [0.15, 0.2) is 53.4 Å². The third-order valence-electron chi connectivity index (χ3n) is 4.68. The molecule has 0 aliphatic carbocycles. The molecule has 0 bridgehead atoms. The molecule has 0 aromatic heterocycles. The number of carbonyl (C=O) groups excluding carboxylic acids is 1. The van der Waals surface area contributed by atoms with Gasteiger partial charge < -0.3 is 5.32 Å². The summed E-state index contributed by atoms with van der Waals surface area (Å²) in [7, 11) is -3.59. The second-order valence-corrected chi connectivity index (χ2v) is 9.73. The van der Waals surface area contributed by atoms with Gasteiger partial charge in [0.15, 0.2) is 9.84 Å². The van der Waals surface area contributed by atoms with Gasteiger partial charge in [0.1, 0.15) is 0 Å². The Bertz CT molecular complexity index is 965. The molecule has 0 saturated heterocycles. The Balaban J connectivity index is 1.97. The molecular formula is C21H24F3NO3S. The molecule has 0 radical (unpaired) electrons. The summed E-state index contributed by atoms with van der Waals surface area (Å²) in [5, 5.41) is 2.63. The van der Waals surface area contributed by atoms with Crippen molar-refractivity contribution >= 4 is 15.7 Å². The third kappa shape index (κ3) is 6.32. The van der Waals surface area contributed by atoms with E-state index in [9.17, 15) is 26.4 Å². The van der Waals surface area contributed by atoms with E-state index in [0.717, 1.165) is 17.7 Å². The number of benzene rings is 2. The topological polar surface area (TPSA) is 63.2 Å². The predicted molar refractivity (Wildman–Crippen MR) is 105 cm³/mol. The molecule has 0 fully saturated rings. The lowest BCUT2D eigenvalue weighted by molar-refractivity contribution is -0.137. The summed E-state index contributed by atoms with van der Waals surface area (Å²) in [6.45, 7) is 5.35. The zero-order valence-electron chi connectivity index (χ0n) is 16.5. The van der Waals surface area contributed by atoms with Gasteiger partial charge >= 0.3 is 6.18 Å². The van der Waals surface area contributed by atoms with E-state index in [0.29, 0.717) is 5.56 Å². The molecule has 0 aliphatic rings. The van der Waals surface area contributed by atoms with E-state index in [2.05, 4.69) is 5.32 Å². The van der Waals surface area contributed by atoms with Gasteiger partial charge in [-0.3, -0.25) is 4.79 Å². The first-order valence-corrected chi connectivity index (χ1v) is 10.7. The van der Waals surface area contributed by atoms with Gasteiger partial charge in [-0.05, 0) is 30.7 Å².